The predicted molar refractivity (Wildman–Crippen MR) is 91.4 cm³/mol. The third-order valence-electron chi connectivity index (χ3n) is 3.49. The molecule has 1 aromatic carbocycles. The maximum Gasteiger partial charge on any atom is 0.119 e. The highest BCUT2D eigenvalue weighted by Crippen LogP contribution is 2.26. The molecule has 0 amide bonds. The zero-order valence-corrected chi connectivity index (χ0v) is 14.0. The predicted octanol–water partition coefficient (Wildman–Crippen LogP) is 4.60. The van der Waals surface area contributed by atoms with Crippen molar-refractivity contribution in [3.05, 3.63) is 51.7 Å². The van der Waals surface area contributed by atoms with Crippen LogP contribution in [0, 0.1) is 0 Å². The van der Waals surface area contributed by atoms with E-state index in [1.54, 1.807) is 0 Å². The monoisotopic (exact) mass is 303 g/mol. The number of aryl methyl sites for hydroxylation is 1. The highest BCUT2D eigenvalue weighted by molar-refractivity contribution is 7.11. The van der Waals surface area contributed by atoms with Crippen LogP contribution in [0.1, 0.15) is 42.1 Å². The molecule has 0 aliphatic heterocycles. The van der Waals surface area contributed by atoms with Crippen molar-refractivity contribution in [2.75, 3.05) is 13.2 Å². The van der Waals surface area contributed by atoms with E-state index < -0.39 is 0 Å². The summed E-state index contributed by atoms with van der Waals surface area (Å²) in [5.74, 6) is 0.957. The summed E-state index contributed by atoms with van der Waals surface area (Å²) < 4.78 is 5.62. The fourth-order valence-corrected chi connectivity index (χ4v) is 3.47. The molecular formula is C18H25NOS. The van der Waals surface area contributed by atoms with Crippen LogP contribution in [0.15, 0.2) is 36.4 Å². The van der Waals surface area contributed by atoms with E-state index in [1.807, 2.05) is 24.3 Å². The van der Waals surface area contributed by atoms with Gasteiger partial charge in [0.1, 0.15) is 5.75 Å². The molecule has 0 saturated carbocycles. The molecule has 2 rings (SSSR count). The quantitative estimate of drug-likeness (QED) is 0.769. The van der Waals surface area contributed by atoms with Gasteiger partial charge in [0, 0.05) is 22.2 Å². The number of rotatable bonds is 8. The molecule has 0 bridgehead atoms. The van der Waals surface area contributed by atoms with Gasteiger partial charge in [-0.15, -0.1) is 11.3 Å². The van der Waals surface area contributed by atoms with Crippen LogP contribution in [-0.4, -0.2) is 13.2 Å². The highest BCUT2D eigenvalue weighted by Gasteiger charge is 2.13. The van der Waals surface area contributed by atoms with Crippen molar-refractivity contribution < 1.29 is 4.74 Å². The number of thiophene rings is 1. The van der Waals surface area contributed by atoms with E-state index in [4.69, 9.17) is 4.74 Å². The number of nitrogens with one attached hydrogen (secondary N) is 1. The van der Waals surface area contributed by atoms with Crippen molar-refractivity contribution in [2.24, 2.45) is 0 Å². The van der Waals surface area contributed by atoms with Crippen LogP contribution in [0.5, 0.6) is 5.75 Å². The fraction of sp³-hybridized carbons (Fsp3) is 0.444. The summed E-state index contributed by atoms with van der Waals surface area (Å²) >= 11 is 1.92. The summed E-state index contributed by atoms with van der Waals surface area (Å²) in [7, 11) is 0. The standard InChI is InChI=1S/C18H25NOS/c1-4-16-10-11-17(21-16)13-18(19-5-2)14-8-7-9-15(12-14)20-6-3/h7-12,18-19H,4-6,13H2,1-3H3. The van der Waals surface area contributed by atoms with Crippen LogP contribution in [0.2, 0.25) is 0 Å². The van der Waals surface area contributed by atoms with E-state index in [1.165, 1.54) is 15.3 Å². The summed E-state index contributed by atoms with van der Waals surface area (Å²) in [6, 6.07) is 13.3. The molecule has 0 fully saturated rings. The Balaban J connectivity index is 2.15. The van der Waals surface area contributed by atoms with Gasteiger partial charge in [-0.1, -0.05) is 26.0 Å². The summed E-state index contributed by atoms with van der Waals surface area (Å²) in [4.78, 5) is 2.91. The van der Waals surface area contributed by atoms with Gasteiger partial charge in [-0.05, 0) is 49.7 Å². The second-order valence-electron chi connectivity index (χ2n) is 5.04. The lowest BCUT2D eigenvalue weighted by Gasteiger charge is -2.18. The van der Waals surface area contributed by atoms with Gasteiger partial charge in [-0.25, -0.2) is 0 Å². The average molecular weight is 303 g/mol. The zero-order chi connectivity index (χ0) is 15.1. The number of hydrogen-bond acceptors (Lipinski definition) is 3. The first-order chi connectivity index (χ1) is 10.3. The molecular weight excluding hydrogens is 278 g/mol. The Morgan fingerprint density at radius 2 is 1.90 bits per heavy atom. The van der Waals surface area contributed by atoms with E-state index in [-0.39, 0.29) is 0 Å². The first-order valence-corrected chi connectivity index (χ1v) is 8.62. The Bertz CT molecular complexity index is 550. The summed E-state index contributed by atoms with van der Waals surface area (Å²) in [5.41, 5.74) is 1.30. The van der Waals surface area contributed by atoms with Crippen molar-refractivity contribution in [3.63, 3.8) is 0 Å². The van der Waals surface area contributed by atoms with E-state index in [0.29, 0.717) is 12.6 Å². The van der Waals surface area contributed by atoms with Crippen LogP contribution in [-0.2, 0) is 12.8 Å². The third kappa shape index (κ3) is 4.58. The minimum absolute atomic E-state index is 0.346. The lowest BCUT2D eigenvalue weighted by Crippen LogP contribution is -2.22. The van der Waals surface area contributed by atoms with Crippen molar-refractivity contribution >= 4 is 11.3 Å². The molecule has 1 unspecified atom stereocenters. The molecule has 0 radical (unpaired) electrons. The average Bonchev–Trinajstić information content (AvgIpc) is 2.95. The van der Waals surface area contributed by atoms with Crippen LogP contribution < -0.4 is 10.1 Å². The summed E-state index contributed by atoms with van der Waals surface area (Å²) in [6.45, 7) is 8.07. The van der Waals surface area contributed by atoms with Gasteiger partial charge in [-0.2, -0.15) is 0 Å². The van der Waals surface area contributed by atoms with Crippen molar-refractivity contribution in [3.8, 4) is 5.75 Å². The first-order valence-electron chi connectivity index (χ1n) is 7.80. The van der Waals surface area contributed by atoms with Gasteiger partial charge in [0.05, 0.1) is 6.61 Å². The Kier molecular flexibility index (Phi) is 6.27. The lowest BCUT2D eigenvalue weighted by atomic mass is 10.0. The normalized spacial score (nSPS) is 12.3. The minimum atomic E-state index is 0.346. The number of hydrogen-bond donors (Lipinski definition) is 1. The second-order valence-corrected chi connectivity index (χ2v) is 6.29. The molecule has 2 aromatic rings. The number of benzene rings is 1. The largest absolute Gasteiger partial charge is 0.494 e. The fourth-order valence-electron chi connectivity index (χ4n) is 2.47. The summed E-state index contributed by atoms with van der Waals surface area (Å²) in [5, 5.41) is 3.60. The van der Waals surface area contributed by atoms with Crippen LogP contribution in [0.25, 0.3) is 0 Å². The Morgan fingerprint density at radius 3 is 2.57 bits per heavy atom. The Hall–Kier alpha value is -1.32. The molecule has 21 heavy (non-hydrogen) atoms. The highest BCUT2D eigenvalue weighted by atomic mass is 32.1. The number of ether oxygens (including phenoxy) is 1. The molecule has 0 spiro atoms. The van der Waals surface area contributed by atoms with Gasteiger partial charge in [0.15, 0.2) is 0 Å². The Morgan fingerprint density at radius 1 is 1.10 bits per heavy atom. The minimum Gasteiger partial charge on any atom is -0.494 e. The van der Waals surface area contributed by atoms with Crippen LogP contribution in [0.3, 0.4) is 0 Å². The zero-order valence-electron chi connectivity index (χ0n) is 13.2. The lowest BCUT2D eigenvalue weighted by molar-refractivity contribution is 0.339. The molecule has 114 valence electrons. The Labute approximate surface area is 132 Å². The van der Waals surface area contributed by atoms with Gasteiger partial charge in [-0.3, -0.25) is 0 Å². The van der Waals surface area contributed by atoms with Crippen LogP contribution >= 0.6 is 11.3 Å². The molecule has 1 atom stereocenters. The van der Waals surface area contributed by atoms with Crippen molar-refractivity contribution in [2.45, 2.75) is 39.7 Å². The molecule has 0 aliphatic rings. The van der Waals surface area contributed by atoms with Gasteiger partial charge in [0.2, 0.25) is 0 Å². The molecule has 1 heterocycles. The molecule has 1 aromatic heterocycles. The van der Waals surface area contributed by atoms with Gasteiger partial charge >= 0.3 is 0 Å². The molecule has 2 nitrogen and oxygen atoms in total. The first kappa shape index (κ1) is 16.1. The second kappa shape index (κ2) is 8.20. The van der Waals surface area contributed by atoms with E-state index in [0.717, 1.165) is 25.1 Å². The molecule has 0 aliphatic carbocycles. The van der Waals surface area contributed by atoms with Crippen LogP contribution in [0.4, 0.5) is 0 Å². The van der Waals surface area contributed by atoms with E-state index >= 15 is 0 Å². The summed E-state index contributed by atoms with van der Waals surface area (Å²) in [6.07, 6.45) is 2.16. The van der Waals surface area contributed by atoms with E-state index in [9.17, 15) is 0 Å². The molecule has 3 heteroatoms. The van der Waals surface area contributed by atoms with Gasteiger partial charge < -0.3 is 10.1 Å². The molecule has 0 saturated heterocycles. The smallest absolute Gasteiger partial charge is 0.119 e. The maximum atomic E-state index is 5.62. The third-order valence-corrected chi connectivity index (χ3v) is 4.74. The van der Waals surface area contributed by atoms with Gasteiger partial charge in [0.25, 0.3) is 0 Å². The maximum absolute atomic E-state index is 5.62. The SMILES string of the molecule is CCNC(Cc1ccc(CC)s1)c1cccc(OCC)c1. The van der Waals surface area contributed by atoms with E-state index in [2.05, 4.69) is 49.5 Å². The van der Waals surface area contributed by atoms with Crippen molar-refractivity contribution in [1.82, 2.24) is 5.32 Å². The van der Waals surface area contributed by atoms with Crippen molar-refractivity contribution in [1.29, 1.82) is 0 Å². The topological polar surface area (TPSA) is 21.3 Å². The molecule has 1 N–H and O–H groups in total. The number of likely N-dealkylation sites (N-methyl/N-ethyl adjacent to an activating group) is 1.